The standard InChI is InChI=1S/C16H13N3S.C7H9N/c1-11(19-14-8-15(20)10-17-9-14)13-5-4-12-3-2-6-18-16(12)7-13;1-8-7-5-3-2-4-6-7/h2-10,19-20H,1H2;2-6,8H,1H3. The average molecular weight is 387 g/mol. The number of para-hydroxylation sites is 1. The summed E-state index contributed by atoms with van der Waals surface area (Å²) in [5, 5.41) is 7.37. The van der Waals surface area contributed by atoms with Gasteiger partial charge in [-0.25, -0.2) is 0 Å². The lowest BCUT2D eigenvalue weighted by Crippen LogP contribution is -1.98. The number of aromatic nitrogens is 2. The molecule has 140 valence electrons. The molecule has 0 bridgehead atoms. The monoisotopic (exact) mass is 386 g/mol. The Balaban J connectivity index is 0.000000236. The molecule has 0 unspecified atom stereocenters. The van der Waals surface area contributed by atoms with Crippen LogP contribution in [-0.4, -0.2) is 17.0 Å². The van der Waals surface area contributed by atoms with Crippen LogP contribution < -0.4 is 10.6 Å². The molecule has 0 aliphatic rings. The maximum absolute atomic E-state index is 4.35. The first-order valence-corrected chi connectivity index (χ1v) is 9.28. The minimum atomic E-state index is 0.804. The van der Waals surface area contributed by atoms with Gasteiger partial charge in [-0.1, -0.05) is 43.0 Å². The summed E-state index contributed by atoms with van der Waals surface area (Å²) in [7, 11) is 1.91. The van der Waals surface area contributed by atoms with Crippen molar-refractivity contribution in [2.75, 3.05) is 17.7 Å². The fraction of sp³-hybridized carbons (Fsp3) is 0.0435. The summed E-state index contributed by atoms with van der Waals surface area (Å²) in [6.45, 7) is 4.07. The van der Waals surface area contributed by atoms with Crippen LogP contribution in [0.5, 0.6) is 0 Å². The van der Waals surface area contributed by atoms with E-state index in [2.05, 4.69) is 39.8 Å². The van der Waals surface area contributed by atoms with E-state index in [9.17, 15) is 0 Å². The van der Waals surface area contributed by atoms with E-state index in [0.29, 0.717) is 0 Å². The molecule has 28 heavy (non-hydrogen) atoms. The van der Waals surface area contributed by atoms with Crippen LogP contribution in [0.15, 0.2) is 96.8 Å². The molecule has 0 aliphatic carbocycles. The van der Waals surface area contributed by atoms with Gasteiger partial charge in [0, 0.05) is 41.1 Å². The van der Waals surface area contributed by atoms with Crippen LogP contribution in [0.3, 0.4) is 0 Å². The fourth-order valence-electron chi connectivity index (χ4n) is 2.60. The number of hydrogen-bond donors (Lipinski definition) is 3. The molecule has 2 aromatic heterocycles. The highest BCUT2D eigenvalue weighted by Gasteiger charge is 2.02. The zero-order chi connectivity index (χ0) is 19.8. The lowest BCUT2D eigenvalue weighted by Gasteiger charge is -2.10. The molecule has 0 atom stereocenters. The summed E-state index contributed by atoms with van der Waals surface area (Å²) in [5.41, 5.74) is 4.78. The summed E-state index contributed by atoms with van der Waals surface area (Å²) >= 11 is 4.27. The van der Waals surface area contributed by atoms with Gasteiger partial charge in [0.25, 0.3) is 0 Å². The van der Waals surface area contributed by atoms with Gasteiger partial charge >= 0.3 is 0 Å². The van der Waals surface area contributed by atoms with E-state index in [0.717, 1.165) is 38.4 Å². The second-order valence-electron chi connectivity index (χ2n) is 6.06. The van der Waals surface area contributed by atoms with E-state index in [1.54, 1.807) is 18.6 Å². The molecule has 2 heterocycles. The van der Waals surface area contributed by atoms with Gasteiger partial charge in [-0.2, -0.15) is 0 Å². The van der Waals surface area contributed by atoms with Gasteiger partial charge in [-0.05, 0) is 35.9 Å². The molecule has 2 N–H and O–H groups in total. The smallest absolute Gasteiger partial charge is 0.0708 e. The van der Waals surface area contributed by atoms with Crippen molar-refractivity contribution in [2.24, 2.45) is 0 Å². The Morgan fingerprint density at radius 3 is 2.46 bits per heavy atom. The number of nitrogens with zero attached hydrogens (tertiary/aromatic N) is 2. The van der Waals surface area contributed by atoms with Gasteiger partial charge in [0.15, 0.2) is 0 Å². The first-order chi connectivity index (χ1) is 13.7. The molecule has 0 fully saturated rings. The number of nitrogens with one attached hydrogen (secondary N) is 2. The van der Waals surface area contributed by atoms with Crippen LogP contribution in [0.1, 0.15) is 5.56 Å². The Labute approximate surface area is 170 Å². The normalized spacial score (nSPS) is 9.93. The molecule has 4 nitrogen and oxygen atoms in total. The molecule has 4 rings (SSSR count). The summed E-state index contributed by atoms with van der Waals surface area (Å²) < 4.78 is 0. The molecular weight excluding hydrogens is 364 g/mol. The molecule has 0 amide bonds. The van der Waals surface area contributed by atoms with Crippen molar-refractivity contribution in [2.45, 2.75) is 4.90 Å². The zero-order valence-corrected chi connectivity index (χ0v) is 16.5. The van der Waals surface area contributed by atoms with Crippen molar-refractivity contribution in [3.05, 3.63) is 97.5 Å². The van der Waals surface area contributed by atoms with Gasteiger partial charge in [0.2, 0.25) is 0 Å². The Kier molecular flexibility index (Phi) is 6.65. The number of fused-ring (bicyclic) bond motifs is 1. The van der Waals surface area contributed by atoms with Crippen LogP contribution in [0.2, 0.25) is 0 Å². The van der Waals surface area contributed by atoms with Gasteiger partial charge in [-0.3, -0.25) is 9.97 Å². The lowest BCUT2D eigenvalue weighted by molar-refractivity contribution is 1.24. The summed E-state index contributed by atoms with van der Waals surface area (Å²) in [6.07, 6.45) is 5.22. The van der Waals surface area contributed by atoms with Crippen molar-refractivity contribution < 1.29 is 0 Å². The predicted octanol–water partition coefficient (Wildman–Crippen LogP) is 5.73. The first kappa shape index (κ1) is 19.5. The van der Waals surface area contributed by atoms with Crippen molar-refractivity contribution in [3.8, 4) is 0 Å². The molecule has 0 spiro atoms. The van der Waals surface area contributed by atoms with E-state index in [1.165, 1.54) is 0 Å². The first-order valence-electron chi connectivity index (χ1n) is 8.83. The average Bonchev–Trinajstić information content (AvgIpc) is 2.74. The lowest BCUT2D eigenvalue weighted by atomic mass is 10.1. The quantitative estimate of drug-likeness (QED) is 0.392. The molecule has 0 saturated carbocycles. The number of thiol groups is 1. The third-order valence-electron chi connectivity index (χ3n) is 4.04. The van der Waals surface area contributed by atoms with E-state index < -0.39 is 0 Å². The SMILES string of the molecule is C=C(Nc1cncc(S)c1)c1ccc2cccnc2c1.CNc1ccccc1. The maximum Gasteiger partial charge on any atom is 0.0708 e. The second kappa shape index (κ2) is 9.58. The van der Waals surface area contributed by atoms with Gasteiger partial charge in [-0.15, -0.1) is 12.6 Å². The van der Waals surface area contributed by atoms with Crippen LogP contribution in [0.4, 0.5) is 11.4 Å². The third kappa shape index (κ3) is 5.34. The number of rotatable bonds is 4. The second-order valence-corrected chi connectivity index (χ2v) is 6.58. The predicted molar refractivity (Wildman–Crippen MR) is 122 cm³/mol. The van der Waals surface area contributed by atoms with Crippen molar-refractivity contribution in [3.63, 3.8) is 0 Å². The summed E-state index contributed by atoms with van der Waals surface area (Å²) in [4.78, 5) is 9.25. The topological polar surface area (TPSA) is 49.8 Å². The summed E-state index contributed by atoms with van der Waals surface area (Å²) in [5.74, 6) is 0. The highest BCUT2D eigenvalue weighted by Crippen LogP contribution is 2.21. The van der Waals surface area contributed by atoms with Crippen molar-refractivity contribution >= 4 is 40.6 Å². The molecule has 2 aromatic carbocycles. The Morgan fingerprint density at radius 2 is 1.75 bits per heavy atom. The fourth-order valence-corrected chi connectivity index (χ4v) is 2.81. The zero-order valence-electron chi connectivity index (χ0n) is 15.6. The number of hydrogen-bond acceptors (Lipinski definition) is 5. The Hall–Kier alpha value is -3.31. The molecule has 5 heteroatoms. The van der Waals surface area contributed by atoms with Crippen LogP contribution in [0.25, 0.3) is 16.6 Å². The number of pyridine rings is 2. The Bertz CT molecular complexity index is 1060. The van der Waals surface area contributed by atoms with E-state index in [1.807, 2.05) is 73.8 Å². The van der Waals surface area contributed by atoms with Gasteiger partial charge < -0.3 is 10.6 Å². The van der Waals surface area contributed by atoms with Crippen LogP contribution in [-0.2, 0) is 0 Å². The van der Waals surface area contributed by atoms with E-state index in [-0.39, 0.29) is 0 Å². The van der Waals surface area contributed by atoms with Crippen molar-refractivity contribution in [1.82, 2.24) is 9.97 Å². The maximum atomic E-state index is 4.35. The number of benzene rings is 2. The molecule has 0 saturated heterocycles. The van der Waals surface area contributed by atoms with Crippen LogP contribution >= 0.6 is 12.6 Å². The number of anilines is 2. The third-order valence-corrected chi connectivity index (χ3v) is 4.28. The minimum Gasteiger partial charge on any atom is -0.388 e. The highest BCUT2D eigenvalue weighted by molar-refractivity contribution is 7.80. The summed E-state index contributed by atoms with van der Waals surface area (Å²) in [6, 6.07) is 22.0. The van der Waals surface area contributed by atoms with E-state index >= 15 is 0 Å². The van der Waals surface area contributed by atoms with Gasteiger partial charge in [0.1, 0.15) is 0 Å². The molecular formula is C23H22N4S. The molecule has 4 aromatic rings. The molecule has 0 radical (unpaired) electrons. The highest BCUT2D eigenvalue weighted by atomic mass is 32.1. The van der Waals surface area contributed by atoms with E-state index in [4.69, 9.17) is 0 Å². The van der Waals surface area contributed by atoms with Gasteiger partial charge in [0.05, 0.1) is 17.4 Å². The largest absolute Gasteiger partial charge is 0.388 e. The minimum absolute atomic E-state index is 0.804. The molecule has 0 aliphatic heterocycles. The van der Waals surface area contributed by atoms with Crippen LogP contribution in [0, 0.1) is 0 Å². The Morgan fingerprint density at radius 1 is 0.929 bits per heavy atom. The van der Waals surface area contributed by atoms with Crippen molar-refractivity contribution in [1.29, 1.82) is 0 Å².